The summed E-state index contributed by atoms with van der Waals surface area (Å²) < 4.78 is 11.2. The van der Waals surface area contributed by atoms with Crippen LogP contribution in [0.25, 0.3) is 0 Å². The Labute approximate surface area is 205 Å². The van der Waals surface area contributed by atoms with E-state index in [1.165, 1.54) is 77.0 Å². The Hall–Kier alpha value is -1.38. The molecule has 6 N–H and O–H groups in total. The minimum Gasteiger partial charge on any atom is -0.460 e. The second-order valence-electron chi connectivity index (χ2n) is 9.68. The lowest BCUT2D eigenvalue weighted by atomic mass is 9.99. The molecule has 0 spiro atoms. The van der Waals surface area contributed by atoms with Crippen molar-refractivity contribution in [3.8, 4) is 5.75 Å². The molecule has 34 heavy (non-hydrogen) atoms. The Bertz CT molecular complexity index is 671. The molecule has 5 atom stereocenters. The molecule has 1 aliphatic heterocycles. The number of unbranched alkanes of at least 4 members (excludes halogenated alkanes) is 12. The predicted molar refractivity (Wildman–Crippen MR) is 135 cm³/mol. The molecule has 0 unspecified atom stereocenters. The number of nitrogens with two attached hydrogens (primary N) is 1. The Kier molecular flexibility index (Phi) is 13.9. The molecule has 0 saturated carbocycles. The van der Waals surface area contributed by atoms with Gasteiger partial charge in [-0.25, -0.2) is 0 Å². The molecule has 0 amide bonds. The van der Waals surface area contributed by atoms with Gasteiger partial charge in [0.2, 0.25) is 6.29 Å². The molecule has 0 radical (unpaired) electrons. The summed E-state index contributed by atoms with van der Waals surface area (Å²) in [6.45, 7) is 1.76. The van der Waals surface area contributed by atoms with Gasteiger partial charge < -0.3 is 35.6 Å². The summed E-state index contributed by atoms with van der Waals surface area (Å²) in [4.78, 5) is 0. The minimum atomic E-state index is -1.48. The van der Waals surface area contributed by atoms with Gasteiger partial charge in [-0.2, -0.15) is 0 Å². The van der Waals surface area contributed by atoms with Crippen LogP contribution in [0.4, 0.5) is 5.69 Å². The molecule has 1 fully saturated rings. The van der Waals surface area contributed by atoms with Crippen LogP contribution in [0.15, 0.2) is 18.2 Å². The van der Waals surface area contributed by atoms with Gasteiger partial charge in [0.25, 0.3) is 0 Å². The third-order valence-corrected chi connectivity index (χ3v) is 6.74. The van der Waals surface area contributed by atoms with Crippen molar-refractivity contribution in [2.45, 2.75) is 128 Å². The van der Waals surface area contributed by atoms with Crippen molar-refractivity contribution in [1.82, 2.24) is 0 Å². The molecule has 0 aromatic heterocycles. The highest BCUT2D eigenvalue weighted by Crippen LogP contribution is 2.29. The van der Waals surface area contributed by atoms with Crippen LogP contribution < -0.4 is 10.5 Å². The van der Waals surface area contributed by atoms with Gasteiger partial charge in [0.1, 0.15) is 30.2 Å². The van der Waals surface area contributed by atoms with E-state index < -0.39 is 37.3 Å². The number of aryl methyl sites for hydroxylation is 1. The average Bonchev–Trinajstić information content (AvgIpc) is 2.84. The first-order chi connectivity index (χ1) is 16.5. The summed E-state index contributed by atoms with van der Waals surface area (Å²) in [7, 11) is 0. The summed E-state index contributed by atoms with van der Waals surface area (Å²) in [5, 5.41) is 39.4. The van der Waals surface area contributed by atoms with Crippen LogP contribution in [0.2, 0.25) is 0 Å². The van der Waals surface area contributed by atoms with Crippen molar-refractivity contribution in [3.05, 3.63) is 23.8 Å². The Balaban J connectivity index is 1.65. The number of aliphatic hydroxyl groups is 4. The van der Waals surface area contributed by atoms with E-state index >= 15 is 0 Å². The van der Waals surface area contributed by atoms with Crippen LogP contribution in [0.3, 0.4) is 0 Å². The third-order valence-electron chi connectivity index (χ3n) is 6.74. The fourth-order valence-corrected chi connectivity index (χ4v) is 4.47. The SMILES string of the molecule is CCCCCCCCCCCCCCCc1ccc(N)c(O[C@@H]2O[C@@H](CO)[C@@H](O)[C@@H](O)[C@H]2O)c1. The third kappa shape index (κ3) is 9.70. The normalized spacial score (nSPS) is 24.9. The molecule has 1 saturated heterocycles. The highest BCUT2D eigenvalue weighted by atomic mass is 16.7. The maximum Gasteiger partial charge on any atom is 0.229 e. The summed E-state index contributed by atoms with van der Waals surface area (Å²) >= 11 is 0. The molecular formula is C27H47NO6. The Morgan fingerprint density at radius 3 is 1.91 bits per heavy atom. The van der Waals surface area contributed by atoms with Gasteiger partial charge in [0.05, 0.1) is 12.3 Å². The van der Waals surface area contributed by atoms with E-state index in [2.05, 4.69) is 6.92 Å². The number of anilines is 1. The van der Waals surface area contributed by atoms with Gasteiger partial charge in [0.15, 0.2) is 0 Å². The Morgan fingerprint density at radius 2 is 1.35 bits per heavy atom. The summed E-state index contributed by atoms with van der Waals surface area (Å²) in [6.07, 6.45) is 11.4. The van der Waals surface area contributed by atoms with Crippen LogP contribution >= 0.6 is 0 Å². The lowest BCUT2D eigenvalue weighted by Gasteiger charge is -2.39. The van der Waals surface area contributed by atoms with Crippen LogP contribution in [0.5, 0.6) is 5.75 Å². The van der Waals surface area contributed by atoms with E-state index in [1.807, 2.05) is 12.1 Å². The molecule has 2 rings (SSSR count). The molecule has 196 valence electrons. The monoisotopic (exact) mass is 481 g/mol. The van der Waals surface area contributed by atoms with Crippen molar-refractivity contribution in [2.24, 2.45) is 0 Å². The van der Waals surface area contributed by atoms with Gasteiger partial charge in [-0.3, -0.25) is 0 Å². The van der Waals surface area contributed by atoms with E-state index in [0.717, 1.165) is 18.4 Å². The standard InChI is InChI=1S/C27H47NO6/c1-2-3-4-5-6-7-8-9-10-11-12-13-14-15-20-16-17-21(28)22(18-20)33-27-26(32)25(31)24(30)23(19-29)34-27/h16-18,23-27,29-32H,2-15,19,28H2,1H3/t23-,24+,25+,26+,27+/m0/s1. The minimum absolute atomic E-state index is 0.358. The zero-order valence-electron chi connectivity index (χ0n) is 20.9. The molecule has 7 nitrogen and oxygen atoms in total. The second kappa shape index (κ2) is 16.3. The summed E-state index contributed by atoms with van der Waals surface area (Å²) in [5.74, 6) is 0.358. The van der Waals surface area contributed by atoms with E-state index in [0.29, 0.717) is 11.4 Å². The molecular weight excluding hydrogens is 434 g/mol. The Morgan fingerprint density at radius 1 is 0.794 bits per heavy atom. The average molecular weight is 482 g/mol. The molecule has 1 aromatic carbocycles. The van der Waals surface area contributed by atoms with E-state index in [-0.39, 0.29) is 0 Å². The second-order valence-corrected chi connectivity index (χ2v) is 9.68. The van der Waals surface area contributed by atoms with Gasteiger partial charge >= 0.3 is 0 Å². The molecule has 7 heteroatoms. The van der Waals surface area contributed by atoms with Crippen molar-refractivity contribution in [3.63, 3.8) is 0 Å². The lowest BCUT2D eigenvalue weighted by molar-refractivity contribution is -0.277. The van der Waals surface area contributed by atoms with E-state index in [4.69, 9.17) is 15.2 Å². The molecule has 1 heterocycles. The number of hydrogen-bond donors (Lipinski definition) is 5. The fraction of sp³-hybridized carbons (Fsp3) is 0.778. The van der Waals surface area contributed by atoms with Crippen molar-refractivity contribution in [1.29, 1.82) is 0 Å². The van der Waals surface area contributed by atoms with Gasteiger partial charge in [-0.05, 0) is 30.5 Å². The first-order valence-corrected chi connectivity index (χ1v) is 13.3. The van der Waals surface area contributed by atoms with Crippen molar-refractivity contribution < 1.29 is 29.9 Å². The van der Waals surface area contributed by atoms with E-state index in [1.54, 1.807) is 6.07 Å². The van der Waals surface area contributed by atoms with Gasteiger partial charge in [0, 0.05) is 0 Å². The zero-order chi connectivity index (χ0) is 24.8. The van der Waals surface area contributed by atoms with Crippen molar-refractivity contribution >= 4 is 5.69 Å². The van der Waals surface area contributed by atoms with Crippen LogP contribution in [0, 0.1) is 0 Å². The molecule has 1 aliphatic rings. The maximum absolute atomic E-state index is 10.2. The number of ether oxygens (including phenoxy) is 2. The van der Waals surface area contributed by atoms with Gasteiger partial charge in [-0.15, -0.1) is 0 Å². The van der Waals surface area contributed by atoms with Crippen molar-refractivity contribution in [2.75, 3.05) is 12.3 Å². The number of aliphatic hydroxyl groups excluding tert-OH is 4. The lowest BCUT2D eigenvalue weighted by Crippen LogP contribution is -2.60. The fourth-order valence-electron chi connectivity index (χ4n) is 4.47. The molecule has 1 aromatic rings. The predicted octanol–water partition coefficient (Wildman–Crippen LogP) is 4.08. The summed E-state index contributed by atoms with van der Waals surface area (Å²) in [5.41, 5.74) is 7.51. The smallest absolute Gasteiger partial charge is 0.229 e. The number of rotatable bonds is 17. The number of nitrogen functional groups attached to an aromatic ring is 1. The van der Waals surface area contributed by atoms with E-state index in [9.17, 15) is 20.4 Å². The number of benzene rings is 1. The van der Waals surface area contributed by atoms with Crippen LogP contribution in [-0.4, -0.2) is 57.7 Å². The van der Waals surface area contributed by atoms with Gasteiger partial charge in [-0.1, -0.05) is 90.0 Å². The van der Waals surface area contributed by atoms with Crippen LogP contribution in [0.1, 0.15) is 96.0 Å². The first-order valence-electron chi connectivity index (χ1n) is 13.3. The molecule has 0 bridgehead atoms. The largest absolute Gasteiger partial charge is 0.460 e. The number of hydrogen-bond acceptors (Lipinski definition) is 7. The quantitative estimate of drug-likeness (QED) is 0.168. The maximum atomic E-state index is 10.2. The first kappa shape index (κ1) is 28.9. The zero-order valence-corrected chi connectivity index (χ0v) is 20.9. The van der Waals surface area contributed by atoms with Crippen LogP contribution in [-0.2, 0) is 11.2 Å². The highest BCUT2D eigenvalue weighted by molar-refractivity contribution is 5.54. The molecule has 0 aliphatic carbocycles. The highest BCUT2D eigenvalue weighted by Gasteiger charge is 2.44. The summed E-state index contributed by atoms with van der Waals surface area (Å²) in [6, 6.07) is 5.56. The topological polar surface area (TPSA) is 125 Å².